The van der Waals surface area contributed by atoms with Gasteiger partial charge in [0.15, 0.2) is 0 Å². The molecule has 0 unspecified atom stereocenters. The number of nitrogens with zero attached hydrogens (tertiary/aromatic N) is 1. The average Bonchev–Trinajstić information content (AvgIpc) is 3.81. The summed E-state index contributed by atoms with van der Waals surface area (Å²) in [5, 5.41) is 52.9. The number of Topliss-reactive ketones (excluding diaryl/α,β-unsaturated/α-hetero) is 1. The van der Waals surface area contributed by atoms with E-state index in [9.17, 15) is 48.9 Å². The molecular formula is C51H82N10O10. The van der Waals surface area contributed by atoms with Crippen LogP contribution < -0.4 is 48.7 Å². The SMILES string of the molecule is CC[C@H](NC(=O)[C@@H]1CCCN1C(=O)[C@@H](N)CC(C)C)C(=O)N[C@@H](CC(C)=O)C(=O)N[C@@H](Cc1ccc(C)cc1)[C@@H](O)N[C@@H](Cc1ccc(C)cc1)[C@H](O)NCC(=O)N[C@H](C(=O)N[C@@H](CC)[C@H](N)O)C(C)C. The Hall–Kier alpha value is -5.35. The fraction of sp³-hybridized carbons (Fsp3) is 0.627. The number of ketones is 1. The van der Waals surface area contributed by atoms with Gasteiger partial charge in [-0.2, -0.15) is 0 Å². The zero-order valence-electron chi connectivity index (χ0n) is 43.0. The molecule has 3 rings (SSSR count). The van der Waals surface area contributed by atoms with E-state index in [0.717, 1.165) is 16.7 Å². The lowest BCUT2D eigenvalue weighted by molar-refractivity contribution is -0.140. The third kappa shape index (κ3) is 19.6. The number of likely N-dealkylation sites (tertiary alicyclic amines) is 1. The highest BCUT2D eigenvalue weighted by Gasteiger charge is 2.39. The smallest absolute Gasteiger partial charge is 0.243 e. The predicted octanol–water partition coefficient (Wildman–Crippen LogP) is -0.206. The van der Waals surface area contributed by atoms with Gasteiger partial charge in [-0.15, -0.1) is 0 Å². The Morgan fingerprint density at radius 1 is 0.690 bits per heavy atom. The van der Waals surface area contributed by atoms with Crippen LogP contribution in [0.25, 0.3) is 0 Å². The Morgan fingerprint density at radius 3 is 1.75 bits per heavy atom. The Labute approximate surface area is 419 Å². The molecule has 11 atom stereocenters. The van der Waals surface area contributed by atoms with Gasteiger partial charge in [0.1, 0.15) is 48.6 Å². The van der Waals surface area contributed by atoms with Crippen LogP contribution in [0, 0.1) is 25.7 Å². The maximum absolute atomic E-state index is 14.3. The summed E-state index contributed by atoms with van der Waals surface area (Å²) in [5.74, 6) is -4.20. The van der Waals surface area contributed by atoms with E-state index < -0.39 is 115 Å². The molecule has 14 N–H and O–H groups in total. The van der Waals surface area contributed by atoms with E-state index >= 15 is 0 Å². The monoisotopic (exact) mass is 995 g/mol. The van der Waals surface area contributed by atoms with Crippen molar-refractivity contribution < 1.29 is 48.9 Å². The zero-order chi connectivity index (χ0) is 53.1. The molecule has 0 saturated carbocycles. The first-order valence-corrected chi connectivity index (χ1v) is 24.9. The highest BCUT2D eigenvalue weighted by Crippen LogP contribution is 2.21. The second kappa shape index (κ2) is 29.2. The second-order valence-corrected chi connectivity index (χ2v) is 19.7. The number of hydrogen-bond acceptors (Lipinski definition) is 14. The summed E-state index contributed by atoms with van der Waals surface area (Å²) >= 11 is 0. The molecule has 20 nitrogen and oxygen atoms in total. The molecule has 0 aromatic heterocycles. The van der Waals surface area contributed by atoms with Crippen molar-refractivity contribution in [3.8, 4) is 0 Å². The van der Waals surface area contributed by atoms with Crippen molar-refractivity contribution in [3.63, 3.8) is 0 Å². The number of nitrogens with one attached hydrogen (secondary N) is 7. The van der Waals surface area contributed by atoms with Crippen molar-refractivity contribution in [1.29, 1.82) is 0 Å². The summed E-state index contributed by atoms with van der Waals surface area (Å²) in [6, 6.07) is 6.80. The molecule has 2 aromatic rings. The molecule has 2 aromatic carbocycles. The second-order valence-electron chi connectivity index (χ2n) is 19.7. The summed E-state index contributed by atoms with van der Waals surface area (Å²) in [7, 11) is 0. The lowest BCUT2D eigenvalue weighted by Gasteiger charge is -2.33. The summed E-state index contributed by atoms with van der Waals surface area (Å²) in [6.45, 7) is 15.8. The van der Waals surface area contributed by atoms with E-state index in [1.165, 1.54) is 11.8 Å². The number of amides is 6. The zero-order valence-corrected chi connectivity index (χ0v) is 43.0. The quantitative estimate of drug-likeness (QED) is 0.0470. The highest BCUT2D eigenvalue weighted by atomic mass is 16.3. The molecule has 1 aliphatic heterocycles. The lowest BCUT2D eigenvalue weighted by Crippen LogP contribution is -2.62. The van der Waals surface area contributed by atoms with Gasteiger partial charge < -0.3 is 58.3 Å². The van der Waals surface area contributed by atoms with Gasteiger partial charge >= 0.3 is 0 Å². The summed E-state index contributed by atoms with van der Waals surface area (Å²) in [4.78, 5) is 95.5. The van der Waals surface area contributed by atoms with Crippen LogP contribution in [0.5, 0.6) is 0 Å². The molecule has 6 amide bonds. The van der Waals surface area contributed by atoms with Gasteiger partial charge in [0, 0.05) is 13.0 Å². The summed E-state index contributed by atoms with van der Waals surface area (Å²) in [6.07, 6.45) is -2.75. The molecule has 71 heavy (non-hydrogen) atoms. The van der Waals surface area contributed by atoms with Crippen molar-refractivity contribution in [2.24, 2.45) is 23.3 Å². The van der Waals surface area contributed by atoms with Crippen molar-refractivity contribution in [2.45, 2.75) is 181 Å². The molecule has 20 heteroatoms. The molecule has 1 saturated heterocycles. The third-order valence-electron chi connectivity index (χ3n) is 12.6. The number of benzene rings is 2. The van der Waals surface area contributed by atoms with Crippen LogP contribution in [0.4, 0.5) is 0 Å². The van der Waals surface area contributed by atoms with Crippen molar-refractivity contribution in [3.05, 3.63) is 70.8 Å². The minimum atomic E-state index is -1.58. The molecule has 1 fully saturated rings. The first-order valence-electron chi connectivity index (χ1n) is 24.9. The fourth-order valence-electron chi connectivity index (χ4n) is 8.39. The molecule has 1 heterocycles. The van der Waals surface area contributed by atoms with E-state index in [2.05, 4.69) is 37.2 Å². The van der Waals surface area contributed by atoms with E-state index in [4.69, 9.17) is 11.5 Å². The van der Waals surface area contributed by atoms with E-state index in [-0.39, 0.29) is 37.0 Å². The van der Waals surface area contributed by atoms with E-state index in [1.54, 1.807) is 27.7 Å². The van der Waals surface area contributed by atoms with Gasteiger partial charge in [-0.1, -0.05) is 101 Å². The Bertz CT molecular complexity index is 2050. The molecule has 0 spiro atoms. The maximum Gasteiger partial charge on any atom is 0.243 e. The highest BCUT2D eigenvalue weighted by molar-refractivity contribution is 5.96. The maximum atomic E-state index is 14.3. The Balaban J connectivity index is 1.85. The molecule has 396 valence electrons. The first-order chi connectivity index (χ1) is 33.4. The minimum Gasteiger partial charge on any atom is -0.377 e. The van der Waals surface area contributed by atoms with Crippen molar-refractivity contribution >= 4 is 41.2 Å². The van der Waals surface area contributed by atoms with Crippen LogP contribution in [0.1, 0.15) is 109 Å². The summed E-state index contributed by atoms with van der Waals surface area (Å²) < 4.78 is 0. The fourth-order valence-corrected chi connectivity index (χ4v) is 8.39. The Morgan fingerprint density at radius 2 is 1.24 bits per heavy atom. The van der Waals surface area contributed by atoms with Crippen molar-refractivity contribution in [2.75, 3.05) is 13.1 Å². The van der Waals surface area contributed by atoms with Crippen LogP contribution in [0.15, 0.2) is 48.5 Å². The minimum absolute atomic E-state index is 0.0495. The van der Waals surface area contributed by atoms with Crippen LogP contribution in [0.2, 0.25) is 0 Å². The average molecular weight is 995 g/mol. The van der Waals surface area contributed by atoms with Crippen LogP contribution in [-0.4, -0.2) is 142 Å². The number of aryl methyl sites for hydroxylation is 2. The van der Waals surface area contributed by atoms with E-state index in [1.807, 2.05) is 76.2 Å². The number of hydrogen-bond donors (Lipinski definition) is 12. The van der Waals surface area contributed by atoms with Crippen LogP contribution >= 0.6 is 0 Å². The standard InChI is InChI=1S/C51H82N10O10/c1-10-36(44(53)64)55-50(70)43(29(5)6)60-42(63)27-54-45(65)39(25-33-18-14-30(7)15-19-33)58-48(68)40(26-34-20-16-31(8)17-21-34)59-47(67)38(24-32(9)62)57-46(66)37(11-2)56-49(69)41-13-12-22-61(41)51(71)35(52)23-28(3)4/h14-21,28-29,35-41,43-45,48,54,58,64-65,68H,10-13,22-27,52-53H2,1-9H3,(H,55,70)(H,56,69)(H,57,66)(H,59,67)(H,60,63)/t35-,36-,37-,38-,39-,40-,41-,43-,44+,45-,48+/m0/s1. The molecule has 1 aliphatic rings. The number of carbonyl (C=O) groups is 7. The molecule has 0 bridgehead atoms. The van der Waals surface area contributed by atoms with Gasteiger partial charge in [0.2, 0.25) is 35.4 Å². The van der Waals surface area contributed by atoms with Gasteiger partial charge in [0.05, 0.1) is 30.7 Å². The van der Waals surface area contributed by atoms with Crippen LogP contribution in [0.3, 0.4) is 0 Å². The third-order valence-corrected chi connectivity index (χ3v) is 12.6. The van der Waals surface area contributed by atoms with Gasteiger partial charge in [-0.05, 0) is 88.7 Å². The lowest BCUT2D eigenvalue weighted by atomic mass is 9.99. The summed E-state index contributed by atoms with van der Waals surface area (Å²) in [5.41, 5.74) is 15.2. The number of aliphatic hydroxyl groups is 3. The number of aliphatic hydroxyl groups excluding tert-OH is 3. The molecule has 0 aliphatic carbocycles. The number of rotatable bonds is 29. The molecule has 0 radical (unpaired) electrons. The first kappa shape index (κ1) is 60.0. The van der Waals surface area contributed by atoms with Gasteiger partial charge in [0.25, 0.3) is 0 Å². The van der Waals surface area contributed by atoms with E-state index in [0.29, 0.717) is 37.8 Å². The normalized spacial score (nSPS) is 18.0. The number of carbonyl (C=O) groups excluding carboxylic acids is 7. The Kier molecular flexibility index (Phi) is 24.7. The largest absolute Gasteiger partial charge is 0.377 e. The predicted molar refractivity (Wildman–Crippen MR) is 269 cm³/mol. The topological polar surface area (TPSA) is 320 Å². The van der Waals surface area contributed by atoms with Gasteiger partial charge in [-0.25, -0.2) is 0 Å². The van der Waals surface area contributed by atoms with Gasteiger partial charge in [-0.3, -0.25) is 44.2 Å². The van der Waals surface area contributed by atoms with Crippen LogP contribution in [-0.2, 0) is 46.4 Å². The van der Waals surface area contributed by atoms with Crippen molar-refractivity contribution in [1.82, 2.24) is 42.1 Å². The number of nitrogens with two attached hydrogens (primary N) is 2. The molecular weight excluding hydrogens is 913 g/mol.